The maximum absolute atomic E-state index is 12.8. The van der Waals surface area contributed by atoms with Crippen molar-refractivity contribution in [2.45, 2.75) is 58.1 Å². The predicted octanol–water partition coefficient (Wildman–Crippen LogP) is 2.60. The van der Waals surface area contributed by atoms with E-state index in [1.54, 1.807) is 12.1 Å². The molecular weight excluding hydrogens is 272 g/mol. The van der Waals surface area contributed by atoms with Gasteiger partial charge in [0.25, 0.3) is 0 Å². The second kappa shape index (κ2) is 7.20. The fraction of sp³-hybridized carbons (Fsp3) is 0.600. The first-order valence-corrected chi connectivity index (χ1v) is 8.57. The van der Waals surface area contributed by atoms with E-state index in [2.05, 4.69) is 5.32 Å². The summed E-state index contributed by atoms with van der Waals surface area (Å²) in [5.41, 5.74) is 0.820. The highest BCUT2D eigenvalue weighted by atomic mass is 32.2. The van der Waals surface area contributed by atoms with Gasteiger partial charge in [0, 0.05) is 25.2 Å². The molecule has 5 heteroatoms. The second-order valence-corrected chi connectivity index (χ2v) is 7.30. The van der Waals surface area contributed by atoms with Crippen LogP contribution in [0.25, 0.3) is 0 Å². The summed E-state index contributed by atoms with van der Waals surface area (Å²) >= 11 is 0. The minimum Gasteiger partial charge on any atom is -0.310 e. The van der Waals surface area contributed by atoms with Crippen molar-refractivity contribution in [3.63, 3.8) is 0 Å². The molecule has 4 nitrogen and oxygen atoms in total. The average molecular weight is 298 g/mol. The summed E-state index contributed by atoms with van der Waals surface area (Å²) in [5, 5.41) is 3.28. The molecule has 0 aliphatic heterocycles. The van der Waals surface area contributed by atoms with E-state index in [9.17, 15) is 8.42 Å². The van der Waals surface area contributed by atoms with E-state index >= 15 is 0 Å². The monoisotopic (exact) mass is 298 g/mol. The molecule has 0 saturated heterocycles. The number of sulfonamides is 1. The van der Waals surface area contributed by atoms with Crippen LogP contribution in [0, 0.1) is 0 Å². The molecule has 0 fully saturated rings. The zero-order valence-corrected chi connectivity index (χ0v) is 13.9. The molecule has 1 aromatic rings. The number of rotatable bonds is 7. The van der Waals surface area contributed by atoms with Crippen LogP contribution in [0.5, 0.6) is 0 Å². The molecule has 0 heterocycles. The van der Waals surface area contributed by atoms with Crippen LogP contribution in [0.2, 0.25) is 0 Å². The molecule has 1 N–H and O–H groups in total. The molecular formula is C15H26N2O2S. The molecule has 0 spiro atoms. The van der Waals surface area contributed by atoms with Crippen molar-refractivity contribution in [1.82, 2.24) is 9.62 Å². The van der Waals surface area contributed by atoms with Gasteiger partial charge < -0.3 is 5.32 Å². The molecule has 0 aliphatic carbocycles. The van der Waals surface area contributed by atoms with Gasteiger partial charge in [-0.25, -0.2) is 8.42 Å². The summed E-state index contributed by atoms with van der Waals surface area (Å²) in [7, 11) is -3.44. The summed E-state index contributed by atoms with van der Waals surface area (Å²) in [5.74, 6) is 0. The van der Waals surface area contributed by atoms with E-state index in [-0.39, 0.29) is 6.04 Å². The van der Waals surface area contributed by atoms with Crippen LogP contribution in [0.4, 0.5) is 0 Å². The summed E-state index contributed by atoms with van der Waals surface area (Å²) < 4.78 is 27.1. The fourth-order valence-corrected chi connectivity index (χ4v) is 4.02. The van der Waals surface area contributed by atoms with Gasteiger partial charge >= 0.3 is 0 Å². The molecule has 0 radical (unpaired) electrons. The molecule has 0 atom stereocenters. The summed E-state index contributed by atoms with van der Waals surface area (Å²) in [4.78, 5) is 0.406. The van der Waals surface area contributed by atoms with Gasteiger partial charge in [0.2, 0.25) is 10.0 Å². The molecule has 0 bridgehead atoms. The van der Waals surface area contributed by atoms with Gasteiger partial charge in [-0.3, -0.25) is 0 Å². The lowest BCUT2D eigenvalue weighted by molar-refractivity contribution is 0.368. The lowest BCUT2D eigenvalue weighted by Gasteiger charge is -2.25. The molecule has 0 saturated carbocycles. The molecule has 0 unspecified atom stereocenters. The Morgan fingerprint density at radius 2 is 1.75 bits per heavy atom. The Morgan fingerprint density at radius 3 is 2.25 bits per heavy atom. The third kappa shape index (κ3) is 4.04. The topological polar surface area (TPSA) is 49.4 Å². The highest BCUT2D eigenvalue weighted by Crippen LogP contribution is 2.22. The van der Waals surface area contributed by atoms with E-state index in [1.165, 1.54) is 4.31 Å². The highest BCUT2D eigenvalue weighted by molar-refractivity contribution is 7.89. The van der Waals surface area contributed by atoms with E-state index in [4.69, 9.17) is 0 Å². The zero-order valence-electron chi connectivity index (χ0n) is 13.1. The first-order valence-electron chi connectivity index (χ1n) is 7.13. The normalized spacial score (nSPS) is 12.6. The van der Waals surface area contributed by atoms with Gasteiger partial charge in [0.15, 0.2) is 0 Å². The lowest BCUT2D eigenvalue weighted by atomic mass is 10.2. The van der Waals surface area contributed by atoms with Gasteiger partial charge in [-0.05, 0) is 25.5 Å². The van der Waals surface area contributed by atoms with Crippen LogP contribution in [0.1, 0.15) is 40.2 Å². The van der Waals surface area contributed by atoms with E-state index in [0.717, 1.165) is 5.56 Å². The molecule has 0 aromatic heterocycles. The quantitative estimate of drug-likeness (QED) is 0.842. The van der Waals surface area contributed by atoms with Gasteiger partial charge in [-0.15, -0.1) is 0 Å². The number of hydrogen-bond donors (Lipinski definition) is 1. The third-order valence-electron chi connectivity index (χ3n) is 3.15. The Balaban J connectivity index is 3.18. The Kier molecular flexibility index (Phi) is 6.17. The summed E-state index contributed by atoms with van der Waals surface area (Å²) in [6, 6.07) is 7.49. The largest absolute Gasteiger partial charge is 0.310 e. The fourth-order valence-electron chi connectivity index (χ4n) is 2.15. The first-order chi connectivity index (χ1) is 9.30. The van der Waals surface area contributed by atoms with Crippen LogP contribution in [-0.4, -0.2) is 31.4 Å². The van der Waals surface area contributed by atoms with Crippen molar-refractivity contribution in [2.75, 3.05) is 6.54 Å². The van der Waals surface area contributed by atoms with Crippen molar-refractivity contribution in [2.24, 2.45) is 0 Å². The standard InChI is InChI=1S/C15H26N2O2S/c1-6-17(13(4)5)20(18,19)15-10-8-7-9-14(15)11-16-12(2)3/h7-10,12-13,16H,6,11H2,1-5H3. The molecule has 114 valence electrons. The maximum atomic E-state index is 12.8. The molecule has 20 heavy (non-hydrogen) atoms. The van der Waals surface area contributed by atoms with E-state index < -0.39 is 10.0 Å². The SMILES string of the molecule is CCN(C(C)C)S(=O)(=O)c1ccccc1CNC(C)C. The van der Waals surface area contributed by atoms with Crippen molar-refractivity contribution in [3.8, 4) is 0 Å². The smallest absolute Gasteiger partial charge is 0.243 e. The van der Waals surface area contributed by atoms with Crippen LogP contribution in [0.15, 0.2) is 29.2 Å². The number of hydrogen-bond acceptors (Lipinski definition) is 3. The minimum absolute atomic E-state index is 0.0453. The van der Waals surface area contributed by atoms with Crippen molar-refractivity contribution in [3.05, 3.63) is 29.8 Å². The lowest BCUT2D eigenvalue weighted by Crippen LogP contribution is -2.37. The van der Waals surface area contributed by atoms with Gasteiger partial charge in [0.1, 0.15) is 0 Å². The van der Waals surface area contributed by atoms with Crippen LogP contribution >= 0.6 is 0 Å². The number of benzene rings is 1. The van der Waals surface area contributed by atoms with Crippen molar-refractivity contribution < 1.29 is 8.42 Å². The number of nitrogens with one attached hydrogen (secondary N) is 1. The molecule has 1 rings (SSSR count). The number of nitrogens with zero attached hydrogens (tertiary/aromatic N) is 1. The van der Waals surface area contributed by atoms with Crippen molar-refractivity contribution >= 4 is 10.0 Å². The second-order valence-electron chi connectivity index (χ2n) is 5.45. The Hall–Kier alpha value is -0.910. The third-order valence-corrected chi connectivity index (χ3v) is 5.40. The summed E-state index contributed by atoms with van der Waals surface area (Å²) in [6.07, 6.45) is 0. The minimum atomic E-state index is -3.44. The summed E-state index contributed by atoms with van der Waals surface area (Å²) in [6.45, 7) is 10.8. The van der Waals surface area contributed by atoms with E-state index in [1.807, 2.05) is 46.8 Å². The predicted molar refractivity (Wildman–Crippen MR) is 83.1 cm³/mol. The van der Waals surface area contributed by atoms with Gasteiger partial charge in [-0.2, -0.15) is 4.31 Å². The van der Waals surface area contributed by atoms with Gasteiger partial charge in [0.05, 0.1) is 4.90 Å². The van der Waals surface area contributed by atoms with Crippen LogP contribution in [0.3, 0.4) is 0 Å². The Morgan fingerprint density at radius 1 is 1.15 bits per heavy atom. The maximum Gasteiger partial charge on any atom is 0.243 e. The van der Waals surface area contributed by atoms with Crippen molar-refractivity contribution in [1.29, 1.82) is 0 Å². The zero-order chi connectivity index (χ0) is 15.3. The van der Waals surface area contributed by atoms with Crippen LogP contribution < -0.4 is 5.32 Å². The Labute approximate surface area is 123 Å². The average Bonchev–Trinajstić information content (AvgIpc) is 2.36. The molecule has 0 amide bonds. The first kappa shape index (κ1) is 17.1. The highest BCUT2D eigenvalue weighted by Gasteiger charge is 2.27. The Bertz CT molecular complexity index is 524. The van der Waals surface area contributed by atoms with E-state index in [0.29, 0.717) is 24.0 Å². The van der Waals surface area contributed by atoms with Gasteiger partial charge in [-0.1, -0.05) is 39.0 Å². The van der Waals surface area contributed by atoms with Crippen LogP contribution in [-0.2, 0) is 16.6 Å². The molecule has 0 aliphatic rings. The molecule has 1 aromatic carbocycles.